The van der Waals surface area contributed by atoms with Gasteiger partial charge in [-0.05, 0) is 19.3 Å². The number of hydrogen-bond donors (Lipinski definition) is 1. The highest BCUT2D eigenvalue weighted by molar-refractivity contribution is 5.88. The van der Waals surface area contributed by atoms with E-state index in [-0.39, 0.29) is 5.41 Å². The average Bonchev–Trinajstić information content (AvgIpc) is 2.17. The molecule has 3 aliphatic rings. The molecule has 1 aliphatic carbocycles. The summed E-state index contributed by atoms with van der Waals surface area (Å²) in [6, 6.07) is 0.539. The summed E-state index contributed by atoms with van der Waals surface area (Å²) < 4.78 is 0. The third-order valence-electron chi connectivity index (χ3n) is 2.77. The summed E-state index contributed by atoms with van der Waals surface area (Å²) in [5, 5.41) is 2.94. The van der Waals surface area contributed by atoms with Gasteiger partial charge < -0.3 is 5.32 Å². The van der Waals surface area contributed by atoms with Gasteiger partial charge in [-0.2, -0.15) is 0 Å². The van der Waals surface area contributed by atoms with Gasteiger partial charge >= 0.3 is 0 Å². The van der Waals surface area contributed by atoms with Crippen LogP contribution in [-0.4, -0.2) is 11.9 Å². The van der Waals surface area contributed by atoms with Crippen molar-refractivity contribution < 1.29 is 4.79 Å². The molecule has 9 heavy (non-hydrogen) atoms. The molecule has 0 aromatic carbocycles. The van der Waals surface area contributed by atoms with Crippen LogP contribution >= 0.6 is 0 Å². The van der Waals surface area contributed by atoms with Gasteiger partial charge in [-0.3, -0.25) is 4.79 Å². The Bertz CT molecular complexity index is 158. The summed E-state index contributed by atoms with van der Waals surface area (Å²) in [5.41, 5.74) is 0.0880. The zero-order valence-electron chi connectivity index (χ0n) is 5.61. The van der Waals surface area contributed by atoms with Crippen LogP contribution in [0.4, 0.5) is 0 Å². The van der Waals surface area contributed by atoms with Crippen LogP contribution in [0.15, 0.2) is 0 Å². The van der Waals surface area contributed by atoms with Gasteiger partial charge in [0, 0.05) is 6.04 Å². The summed E-state index contributed by atoms with van der Waals surface area (Å²) in [7, 11) is 0. The molecule has 2 heteroatoms. The Kier molecular flexibility index (Phi) is 0.765. The van der Waals surface area contributed by atoms with Gasteiger partial charge in [-0.15, -0.1) is 0 Å². The quantitative estimate of drug-likeness (QED) is 0.548. The fourth-order valence-corrected chi connectivity index (χ4v) is 1.96. The van der Waals surface area contributed by atoms with Crippen LogP contribution < -0.4 is 5.32 Å². The lowest BCUT2D eigenvalue weighted by Crippen LogP contribution is -2.34. The second kappa shape index (κ2) is 1.31. The molecule has 0 spiro atoms. The Balaban J connectivity index is 2.24. The molecule has 1 saturated carbocycles. The van der Waals surface area contributed by atoms with Crippen LogP contribution in [0.3, 0.4) is 0 Å². The Morgan fingerprint density at radius 2 is 2.44 bits per heavy atom. The largest absolute Gasteiger partial charge is 0.353 e. The molecule has 50 valence electrons. The van der Waals surface area contributed by atoms with Gasteiger partial charge in [-0.25, -0.2) is 0 Å². The van der Waals surface area contributed by atoms with Crippen LogP contribution in [0, 0.1) is 5.41 Å². The zero-order chi connectivity index (χ0) is 6.48. The number of carbonyl (C=O) groups excluding carboxylic acids is 1. The van der Waals surface area contributed by atoms with Gasteiger partial charge in [0.2, 0.25) is 5.91 Å². The Morgan fingerprint density at radius 3 is 2.67 bits per heavy atom. The third kappa shape index (κ3) is 0.443. The fraction of sp³-hybridized carbons (Fsp3) is 0.857. The lowest BCUT2D eigenvalue weighted by molar-refractivity contribution is -0.126. The van der Waals surface area contributed by atoms with Crippen LogP contribution in [-0.2, 0) is 4.79 Å². The minimum atomic E-state index is 0.0880. The number of hydrogen-bond acceptors (Lipinski definition) is 1. The lowest BCUT2D eigenvalue weighted by atomic mass is 9.68. The smallest absolute Gasteiger partial charge is 0.226 e. The summed E-state index contributed by atoms with van der Waals surface area (Å²) in [5.74, 6) is 0.301. The molecule has 0 aromatic heterocycles. The standard InChI is InChI=1S/C7H11NO/c1-2-7-3-5(4-7)8-6(7)9/h5H,2-4H2,1H3,(H,8,9). The van der Waals surface area contributed by atoms with E-state index in [0.29, 0.717) is 11.9 Å². The first-order valence-corrected chi connectivity index (χ1v) is 3.58. The first-order valence-electron chi connectivity index (χ1n) is 3.58. The maximum Gasteiger partial charge on any atom is 0.226 e. The Hall–Kier alpha value is -0.530. The first-order chi connectivity index (χ1) is 4.27. The van der Waals surface area contributed by atoms with E-state index in [1.807, 2.05) is 0 Å². The van der Waals surface area contributed by atoms with E-state index in [1.54, 1.807) is 0 Å². The van der Waals surface area contributed by atoms with Crippen molar-refractivity contribution >= 4 is 5.91 Å². The van der Waals surface area contributed by atoms with Gasteiger partial charge in [0.25, 0.3) is 0 Å². The van der Waals surface area contributed by atoms with Crippen molar-refractivity contribution in [3.63, 3.8) is 0 Å². The van der Waals surface area contributed by atoms with Crippen molar-refractivity contribution in [3.8, 4) is 0 Å². The molecule has 0 unspecified atom stereocenters. The Morgan fingerprint density at radius 1 is 1.78 bits per heavy atom. The van der Waals surface area contributed by atoms with Crippen LogP contribution in [0.2, 0.25) is 0 Å². The molecule has 0 radical (unpaired) electrons. The predicted octanol–water partition coefficient (Wildman–Crippen LogP) is 0.675. The van der Waals surface area contributed by atoms with Crippen LogP contribution in [0.1, 0.15) is 26.2 Å². The van der Waals surface area contributed by atoms with Gasteiger partial charge in [0.05, 0.1) is 5.41 Å². The van der Waals surface area contributed by atoms with E-state index < -0.39 is 0 Å². The molecular formula is C7H11NO. The second-order valence-corrected chi connectivity index (χ2v) is 3.21. The zero-order valence-corrected chi connectivity index (χ0v) is 5.61. The van der Waals surface area contributed by atoms with Crippen molar-refractivity contribution in [3.05, 3.63) is 0 Å². The highest BCUT2D eigenvalue weighted by Gasteiger charge is 2.55. The van der Waals surface area contributed by atoms with Crippen LogP contribution in [0.25, 0.3) is 0 Å². The molecule has 2 aliphatic heterocycles. The number of nitrogens with one attached hydrogen (secondary N) is 1. The van der Waals surface area contributed by atoms with Crippen molar-refractivity contribution in [1.29, 1.82) is 0 Å². The van der Waals surface area contributed by atoms with Gasteiger partial charge in [0.1, 0.15) is 0 Å². The van der Waals surface area contributed by atoms with E-state index in [1.165, 1.54) is 0 Å². The molecule has 2 heterocycles. The van der Waals surface area contributed by atoms with Crippen molar-refractivity contribution in [1.82, 2.24) is 5.32 Å². The number of rotatable bonds is 1. The minimum Gasteiger partial charge on any atom is -0.353 e. The molecule has 2 saturated heterocycles. The average molecular weight is 125 g/mol. The van der Waals surface area contributed by atoms with Crippen molar-refractivity contribution in [2.24, 2.45) is 5.41 Å². The molecule has 2 nitrogen and oxygen atoms in total. The van der Waals surface area contributed by atoms with E-state index in [0.717, 1.165) is 19.3 Å². The monoisotopic (exact) mass is 125 g/mol. The molecule has 1 N–H and O–H groups in total. The SMILES string of the molecule is CCC12CC(C1)NC2=O. The van der Waals surface area contributed by atoms with E-state index in [9.17, 15) is 4.79 Å². The van der Waals surface area contributed by atoms with E-state index in [2.05, 4.69) is 12.2 Å². The Labute approximate surface area is 54.6 Å². The topological polar surface area (TPSA) is 29.1 Å². The normalized spacial score (nSPS) is 46.3. The maximum absolute atomic E-state index is 11.1. The number of carbonyl (C=O) groups is 1. The summed E-state index contributed by atoms with van der Waals surface area (Å²) in [4.78, 5) is 11.1. The molecular weight excluding hydrogens is 114 g/mol. The number of fused-ring (bicyclic) bond motifs is 1. The van der Waals surface area contributed by atoms with Crippen LogP contribution in [0.5, 0.6) is 0 Å². The van der Waals surface area contributed by atoms with Crippen molar-refractivity contribution in [2.45, 2.75) is 32.2 Å². The second-order valence-electron chi connectivity index (χ2n) is 3.21. The molecule has 0 atom stereocenters. The summed E-state index contributed by atoms with van der Waals surface area (Å²) in [6.45, 7) is 2.10. The third-order valence-corrected chi connectivity index (χ3v) is 2.77. The molecule has 0 aromatic rings. The molecule has 3 rings (SSSR count). The highest BCUT2D eigenvalue weighted by Crippen LogP contribution is 2.49. The summed E-state index contributed by atoms with van der Waals surface area (Å²) in [6.07, 6.45) is 3.22. The van der Waals surface area contributed by atoms with Gasteiger partial charge in [-0.1, -0.05) is 6.92 Å². The maximum atomic E-state index is 11.1. The minimum absolute atomic E-state index is 0.0880. The molecule has 1 amide bonds. The van der Waals surface area contributed by atoms with Crippen molar-refractivity contribution in [2.75, 3.05) is 0 Å². The predicted molar refractivity (Wildman–Crippen MR) is 33.9 cm³/mol. The van der Waals surface area contributed by atoms with Gasteiger partial charge in [0.15, 0.2) is 0 Å². The van der Waals surface area contributed by atoms with E-state index >= 15 is 0 Å². The molecule has 3 fully saturated rings. The first kappa shape index (κ1) is 5.27. The molecule has 2 bridgehead atoms. The number of amides is 1. The fourth-order valence-electron chi connectivity index (χ4n) is 1.96. The highest BCUT2D eigenvalue weighted by atomic mass is 16.2. The van der Waals surface area contributed by atoms with E-state index in [4.69, 9.17) is 0 Å². The summed E-state index contributed by atoms with van der Waals surface area (Å²) >= 11 is 0. The lowest BCUT2D eigenvalue weighted by Gasteiger charge is -2.32.